The molecule has 2 aromatic rings. The van der Waals surface area contributed by atoms with Crippen LogP contribution >= 0.6 is 0 Å². The minimum Gasteiger partial charge on any atom is -0.325 e. The van der Waals surface area contributed by atoms with Crippen molar-refractivity contribution in [2.45, 2.75) is 13.8 Å². The van der Waals surface area contributed by atoms with Gasteiger partial charge in [-0.05, 0) is 26.0 Å². The number of nitrogens with zero attached hydrogens (tertiary/aromatic N) is 3. The normalized spacial score (nSPS) is 10.2. The lowest BCUT2D eigenvalue weighted by Crippen LogP contribution is -2.34. The first-order valence-electron chi connectivity index (χ1n) is 6.41. The summed E-state index contributed by atoms with van der Waals surface area (Å²) >= 11 is 0. The van der Waals surface area contributed by atoms with Gasteiger partial charge in [0.2, 0.25) is 0 Å². The molecule has 0 saturated carbocycles. The van der Waals surface area contributed by atoms with Crippen LogP contribution in [0.3, 0.4) is 0 Å². The Labute approximate surface area is 112 Å². The van der Waals surface area contributed by atoms with Crippen LogP contribution in [0.2, 0.25) is 0 Å². The number of urea groups is 1. The van der Waals surface area contributed by atoms with Crippen molar-refractivity contribution in [1.29, 1.82) is 0 Å². The molecule has 2 rings (SSSR count). The van der Waals surface area contributed by atoms with Crippen LogP contribution in [0.1, 0.15) is 13.8 Å². The Morgan fingerprint density at radius 1 is 1.21 bits per heavy atom. The first-order chi connectivity index (χ1) is 9.24. The molecule has 0 aliphatic heterocycles. The molecule has 0 unspecified atom stereocenters. The second-order valence-electron chi connectivity index (χ2n) is 4.08. The molecule has 0 spiro atoms. The number of benzene rings is 1. The number of carbonyl (C=O) groups excluding carboxylic acids is 1. The van der Waals surface area contributed by atoms with Crippen molar-refractivity contribution < 1.29 is 4.79 Å². The maximum Gasteiger partial charge on any atom is 0.323 e. The van der Waals surface area contributed by atoms with Crippen LogP contribution in [0.25, 0.3) is 5.69 Å². The molecular weight excluding hydrogens is 240 g/mol. The lowest BCUT2D eigenvalue weighted by molar-refractivity contribution is 0.217. The van der Waals surface area contributed by atoms with Gasteiger partial charge in [0, 0.05) is 25.4 Å². The number of anilines is 1. The van der Waals surface area contributed by atoms with Gasteiger partial charge < -0.3 is 4.90 Å². The first-order valence-corrected chi connectivity index (χ1v) is 6.41. The van der Waals surface area contributed by atoms with Gasteiger partial charge in [-0.15, -0.1) is 5.10 Å². The Balaban J connectivity index is 2.08. The van der Waals surface area contributed by atoms with Crippen molar-refractivity contribution in [1.82, 2.24) is 14.7 Å². The van der Waals surface area contributed by atoms with E-state index in [0.717, 1.165) is 5.69 Å². The molecule has 0 aliphatic carbocycles. The molecule has 1 heterocycles. The number of rotatable bonds is 4. The number of hydrogen-bond acceptors (Lipinski definition) is 2. The lowest BCUT2D eigenvalue weighted by Gasteiger charge is -2.18. The zero-order chi connectivity index (χ0) is 13.7. The molecule has 100 valence electrons. The summed E-state index contributed by atoms with van der Waals surface area (Å²) < 4.78 is 1.73. The summed E-state index contributed by atoms with van der Waals surface area (Å²) in [5.41, 5.74) is 0.964. The van der Waals surface area contributed by atoms with Gasteiger partial charge in [-0.2, -0.15) is 0 Å². The monoisotopic (exact) mass is 258 g/mol. The van der Waals surface area contributed by atoms with E-state index in [9.17, 15) is 4.79 Å². The van der Waals surface area contributed by atoms with E-state index in [2.05, 4.69) is 10.4 Å². The average molecular weight is 258 g/mol. The molecule has 0 aliphatic rings. The minimum absolute atomic E-state index is 0.122. The average Bonchev–Trinajstić information content (AvgIpc) is 2.89. The fourth-order valence-corrected chi connectivity index (χ4v) is 1.81. The molecule has 1 aromatic heterocycles. The maximum atomic E-state index is 11.9. The summed E-state index contributed by atoms with van der Waals surface area (Å²) in [6, 6.07) is 11.4. The van der Waals surface area contributed by atoms with Gasteiger partial charge in [0.25, 0.3) is 0 Å². The van der Waals surface area contributed by atoms with Crippen molar-refractivity contribution in [3.05, 3.63) is 42.6 Å². The van der Waals surface area contributed by atoms with Gasteiger partial charge in [0.15, 0.2) is 5.82 Å². The summed E-state index contributed by atoms with van der Waals surface area (Å²) in [7, 11) is 0. The second-order valence-corrected chi connectivity index (χ2v) is 4.08. The van der Waals surface area contributed by atoms with E-state index in [1.165, 1.54) is 0 Å². The quantitative estimate of drug-likeness (QED) is 0.916. The molecule has 0 fully saturated rings. The van der Waals surface area contributed by atoms with E-state index >= 15 is 0 Å². The van der Waals surface area contributed by atoms with E-state index in [0.29, 0.717) is 18.9 Å². The van der Waals surface area contributed by atoms with Crippen molar-refractivity contribution in [2.75, 3.05) is 18.4 Å². The second kappa shape index (κ2) is 6.04. The van der Waals surface area contributed by atoms with Gasteiger partial charge in [-0.3, -0.25) is 5.32 Å². The molecule has 0 radical (unpaired) electrons. The van der Waals surface area contributed by atoms with Crippen LogP contribution in [0.15, 0.2) is 42.6 Å². The number of carbonyl (C=O) groups is 1. The summed E-state index contributed by atoms with van der Waals surface area (Å²) in [4.78, 5) is 13.6. The smallest absolute Gasteiger partial charge is 0.323 e. The van der Waals surface area contributed by atoms with E-state index in [1.54, 1.807) is 15.6 Å². The highest BCUT2D eigenvalue weighted by molar-refractivity contribution is 5.88. The lowest BCUT2D eigenvalue weighted by atomic mass is 10.3. The Morgan fingerprint density at radius 3 is 2.53 bits per heavy atom. The molecular formula is C14H18N4O. The van der Waals surface area contributed by atoms with Crippen molar-refractivity contribution >= 4 is 11.8 Å². The van der Waals surface area contributed by atoms with Gasteiger partial charge in [0.05, 0.1) is 5.69 Å². The standard InChI is InChI=1S/C14H18N4O/c1-3-17(4-2)14(19)15-13-10-11-18(16-13)12-8-6-5-7-9-12/h5-11H,3-4H2,1-2H3,(H,15,16,19). The molecule has 2 amide bonds. The highest BCUT2D eigenvalue weighted by atomic mass is 16.2. The predicted octanol–water partition coefficient (Wildman–Crippen LogP) is 2.75. The van der Waals surface area contributed by atoms with Gasteiger partial charge >= 0.3 is 6.03 Å². The molecule has 0 saturated heterocycles. The van der Waals surface area contributed by atoms with Crippen LogP contribution < -0.4 is 5.32 Å². The summed E-state index contributed by atoms with van der Waals surface area (Å²) in [5.74, 6) is 0.556. The molecule has 1 N–H and O–H groups in total. The molecule has 0 atom stereocenters. The van der Waals surface area contributed by atoms with Crippen LogP contribution in [-0.4, -0.2) is 33.8 Å². The highest BCUT2D eigenvalue weighted by Gasteiger charge is 2.10. The fraction of sp³-hybridized carbons (Fsp3) is 0.286. The van der Waals surface area contributed by atoms with Crippen molar-refractivity contribution in [2.24, 2.45) is 0 Å². The van der Waals surface area contributed by atoms with Crippen LogP contribution in [0, 0.1) is 0 Å². The summed E-state index contributed by atoms with van der Waals surface area (Å²) in [6.45, 7) is 5.26. The Morgan fingerprint density at radius 2 is 1.89 bits per heavy atom. The molecule has 5 heteroatoms. The topological polar surface area (TPSA) is 50.2 Å². The number of para-hydroxylation sites is 1. The number of hydrogen-bond donors (Lipinski definition) is 1. The first kappa shape index (κ1) is 13.1. The number of amides is 2. The summed E-state index contributed by atoms with van der Waals surface area (Å²) in [6.07, 6.45) is 1.83. The molecule has 1 aromatic carbocycles. The largest absolute Gasteiger partial charge is 0.325 e. The number of nitrogens with one attached hydrogen (secondary N) is 1. The van der Waals surface area contributed by atoms with E-state index in [4.69, 9.17) is 0 Å². The Kier molecular flexibility index (Phi) is 4.18. The predicted molar refractivity (Wildman–Crippen MR) is 75.5 cm³/mol. The molecule has 19 heavy (non-hydrogen) atoms. The molecule has 5 nitrogen and oxygen atoms in total. The third-order valence-electron chi connectivity index (χ3n) is 2.90. The Bertz CT molecular complexity index is 531. The maximum absolute atomic E-state index is 11.9. The van der Waals surface area contributed by atoms with Crippen LogP contribution in [-0.2, 0) is 0 Å². The minimum atomic E-state index is -0.122. The zero-order valence-corrected chi connectivity index (χ0v) is 11.2. The van der Waals surface area contributed by atoms with Crippen LogP contribution in [0.5, 0.6) is 0 Å². The van der Waals surface area contributed by atoms with Crippen LogP contribution in [0.4, 0.5) is 10.6 Å². The van der Waals surface area contributed by atoms with Gasteiger partial charge in [0.1, 0.15) is 0 Å². The fourth-order valence-electron chi connectivity index (χ4n) is 1.81. The van der Waals surface area contributed by atoms with Gasteiger partial charge in [-0.25, -0.2) is 9.48 Å². The van der Waals surface area contributed by atoms with Gasteiger partial charge in [-0.1, -0.05) is 18.2 Å². The van der Waals surface area contributed by atoms with E-state index < -0.39 is 0 Å². The zero-order valence-electron chi connectivity index (χ0n) is 11.2. The number of aromatic nitrogens is 2. The van der Waals surface area contributed by atoms with E-state index in [-0.39, 0.29) is 6.03 Å². The third-order valence-corrected chi connectivity index (χ3v) is 2.90. The highest BCUT2D eigenvalue weighted by Crippen LogP contribution is 2.10. The molecule has 0 bridgehead atoms. The van der Waals surface area contributed by atoms with Crippen molar-refractivity contribution in [3.8, 4) is 5.69 Å². The Hall–Kier alpha value is -2.30. The third kappa shape index (κ3) is 3.13. The SMILES string of the molecule is CCN(CC)C(=O)Nc1ccn(-c2ccccc2)n1. The van der Waals surface area contributed by atoms with E-state index in [1.807, 2.05) is 50.4 Å². The summed E-state index contributed by atoms with van der Waals surface area (Å²) in [5, 5.41) is 7.12. The van der Waals surface area contributed by atoms with Crippen molar-refractivity contribution in [3.63, 3.8) is 0 Å².